The average Bonchev–Trinajstić information content (AvgIpc) is 2.93. The monoisotopic (exact) mass is 523 g/mol. The zero-order chi connectivity index (χ0) is 27.6. The number of nitrogens with zero attached hydrogens (tertiary/aromatic N) is 3. The van der Waals surface area contributed by atoms with Gasteiger partial charge in [0.15, 0.2) is 0 Å². The van der Waals surface area contributed by atoms with Gasteiger partial charge in [0.05, 0.1) is 29.2 Å². The molecule has 0 bridgehead atoms. The molecular formula is C30H45N5OS. The number of amidine groups is 1. The number of hydrogen-bond acceptors (Lipinski definition) is 6. The van der Waals surface area contributed by atoms with Gasteiger partial charge in [-0.2, -0.15) is 0 Å². The van der Waals surface area contributed by atoms with Gasteiger partial charge in [-0.05, 0) is 73.5 Å². The van der Waals surface area contributed by atoms with E-state index in [1.165, 1.54) is 4.90 Å². The molecule has 0 saturated heterocycles. The Hall–Kier alpha value is -2.90. The van der Waals surface area contributed by atoms with E-state index in [0.717, 1.165) is 41.2 Å². The van der Waals surface area contributed by atoms with Crippen LogP contribution in [0.4, 0.5) is 11.5 Å². The van der Waals surface area contributed by atoms with Crippen molar-refractivity contribution in [1.82, 2.24) is 9.97 Å². The van der Waals surface area contributed by atoms with Gasteiger partial charge in [-0.25, -0.2) is 9.98 Å². The van der Waals surface area contributed by atoms with Crippen LogP contribution in [0.1, 0.15) is 59.1 Å². The van der Waals surface area contributed by atoms with E-state index in [9.17, 15) is 0 Å². The Balaban J connectivity index is 0.00000163. The maximum Gasteiger partial charge on any atom is 0.137 e. The molecule has 0 fully saturated rings. The van der Waals surface area contributed by atoms with Crippen LogP contribution in [-0.2, 0) is 4.74 Å². The Morgan fingerprint density at radius 3 is 2.35 bits per heavy atom. The number of ether oxygens (including phenoxy) is 1. The van der Waals surface area contributed by atoms with Gasteiger partial charge in [-0.15, -0.1) is 11.8 Å². The van der Waals surface area contributed by atoms with Crippen molar-refractivity contribution in [1.29, 1.82) is 0 Å². The number of pyridine rings is 2. The summed E-state index contributed by atoms with van der Waals surface area (Å²) >= 11 is 1.69. The zero-order valence-electron chi connectivity index (χ0n) is 23.8. The lowest BCUT2D eigenvalue weighted by atomic mass is 10.1. The van der Waals surface area contributed by atoms with Gasteiger partial charge in [-0.3, -0.25) is 4.98 Å². The molecule has 2 aromatic heterocycles. The third-order valence-electron chi connectivity index (χ3n) is 5.12. The normalized spacial score (nSPS) is 10.8. The minimum absolute atomic E-state index is 0.409. The minimum atomic E-state index is 0.409. The van der Waals surface area contributed by atoms with Crippen molar-refractivity contribution in [3.05, 3.63) is 65.9 Å². The summed E-state index contributed by atoms with van der Waals surface area (Å²) in [5.41, 5.74) is 10.7. The van der Waals surface area contributed by atoms with E-state index in [2.05, 4.69) is 29.1 Å². The van der Waals surface area contributed by atoms with E-state index in [4.69, 9.17) is 15.5 Å². The van der Waals surface area contributed by atoms with Crippen molar-refractivity contribution in [3.8, 4) is 11.4 Å². The van der Waals surface area contributed by atoms with E-state index in [1.54, 1.807) is 18.0 Å². The molecule has 0 aliphatic heterocycles. The van der Waals surface area contributed by atoms with Gasteiger partial charge in [0.2, 0.25) is 0 Å². The van der Waals surface area contributed by atoms with Crippen molar-refractivity contribution >= 4 is 29.1 Å². The Morgan fingerprint density at radius 2 is 1.73 bits per heavy atom. The highest BCUT2D eigenvalue weighted by Crippen LogP contribution is 2.24. The van der Waals surface area contributed by atoms with Crippen molar-refractivity contribution in [2.75, 3.05) is 31.3 Å². The molecule has 0 atom stereocenters. The number of benzene rings is 1. The molecule has 0 saturated carbocycles. The van der Waals surface area contributed by atoms with Gasteiger partial charge in [0.1, 0.15) is 11.7 Å². The van der Waals surface area contributed by atoms with Crippen molar-refractivity contribution in [2.45, 2.75) is 59.8 Å². The topological polar surface area (TPSA) is 85.4 Å². The highest BCUT2D eigenvalue weighted by molar-refractivity contribution is 7.98. The van der Waals surface area contributed by atoms with Crippen LogP contribution in [0.25, 0.3) is 11.4 Å². The van der Waals surface area contributed by atoms with Crippen LogP contribution in [0.15, 0.2) is 64.6 Å². The molecule has 0 aliphatic rings. The van der Waals surface area contributed by atoms with E-state index >= 15 is 0 Å². The largest absolute Gasteiger partial charge is 0.383 e. The molecular weight excluding hydrogens is 478 g/mol. The summed E-state index contributed by atoms with van der Waals surface area (Å²) in [7, 11) is 0. The fraction of sp³-hybridized carbons (Fsp3) is 0.433. The number of aliphatic imine (C=N–C) groups is 1. The summed E-state index contributed by atoms with van der Waals surface area (Å²) in [5.74, 6) is 1.71. The van der Waals surface area contributed by atoms with Crippen LogP contribution < -0.4 is 11.1 Å². The number of anilines is 1. The predicted molar refractivity (Wildman–Crippen MR) is 162 cm³/mol. The Kier molecular flexibility index (Phi) is 15.9. The Bertz CT molecular complexity index is 1070. The van der Waals surface area contributed by atoms with Crippen LogP contribution in [0.2, 0.25) is 0 Å². The first-order valence-electron chi connectivity index (χ1n) is 13.2. The fourth-order valence-corrected chi connectivity index (χ4v) is 3.61. The maximum absolute atomic E-state index is 6.42. The maximum atomic E-state index is 6.42. The number of nitrogens with one attached hydrogen (secondary N) is 1. The predicted octanol–water partition coefficient (Wildman–Crippen LogP) is 7.74. The number of thioether (sulfide) groups is 1. The third kappa shape index (κ3) is 10.9. The first kappa shape index (κ1) is 32.1. The molecule has 37 heavy (non-hydrogen) atoms. The molecule has 2 heterocycles. The molecule has 7 heteroatoms. The third-order valence-corrected chi connectivity index (χ3v) is 5.87. The highest BCUT2D eigenvalue weighted by Gasteiger charge is 2.13. The van der Waals surface area contributed by atoms with Gasteiger partial charge >= 0.3 is 0 Å². The lowest BCUT2D eigenvalue weighted by Crippen LogP contribution is -2.19. The van der Waals surface area contributed by atoms with Crippen molar-refractivity contribution in [3.63, 3.8) is 0 Å². The van der Waals surface area contributed by atoms with Crippen LogP contribution >= 0.6 is 11.8 Å². The van der Waals surface area contributed by atoms with Crippen molar-refractivity contribution < 1.29 is 4.74 Å². The molecule has 6 nitrogen and oxygen atoms in total. The molecule has 0 amide bonds. The number of nitrogens with two attached hydrogens (primary N) is 1. The van der Waals surface area contributed by atoms with Crippen molar-refractivity contribution in [2.24, 2.45) is 16.6 Å². The lowest BCUT2D eigenvalue weighted by Gasteiger charge is -2.14. The molecule has 3 aromatic rings. The molecule has 0 radical (unpaired) electrons. The molecule has 0 spiro atoms. The van der Waals surface area contributed by atoms with E-state index < -0.39 is 0 Å². The molecule has 3 N–H and O–H groups in total. The summed E-state index contributed by atoms with van der Waals surface area (Å²) in [6.45, 7) is 16.4. The number of aryl methyl sites for hydroxylation is 1. The smallest absolute Gasteiger partial charge is 0.137 e. The second-order valence-electron chi connectivity index (χ2n) is 8.18. The van der Waals surface area contributed by atoms with Gasteiger partial charge in [0.25, 0.3) is 0 Å². The molecule has 3 rings (SSSR count). The summed E-state index contributed by atoms with van der Waals surface area (Å²) in [5, 5.41) is 3.39. The Morgan fingerprint density at radius 1 is 1.03 bits per heavy atom. The minimum Gasteiger partial charge on any atom is -0.383 e. The quantitative estimate of drug-likeness (QED) is 0.116. The molecule has 0 unspecified atom stereocenters. The second-order valence-corrected chi connectivity index (χ2v) is 9.06. The number of hydrogen-bond donors (Lipinski definition) is 2. The Labute approximate surface area is 228 Å². The van der Waals surface area contributed by atoms with E-state index in [-0.39, 0.29) is 0 Å². The fourth-order valence-electron chi connectivity index (χ4n) is 3.21. The van der Waals surface area contributed by atoms with Gasteiger partial charge in [-0.1, -0.05) is 47.6 Å². The lowest BCUT2D eigenvalue weighted by molar-refractivity contribution is 0.132. The summed E-state index contributed by atoms with van der Waals surface area (Å²) in [4.78, 5) is 15.2. The summed E-state index contributed by atoms with van der Waals surface area (Å²) in [6, 6.07) is 15.9. The standard InChI is InChI=1S/C26H33N5OS.2C2H6/c1-18(2)13-16-32-17-15-29-26-22(25(27)30-20-7-9-21(33-4)10-8-20)11-12-23(31-26)24-19(3)6-5-14-28-24;2*1-2/h5-12,14,18H,13,15-17H2,1-4H3,(H2,27,30)(H,29,31);2*1-2H3. The SMILES string of the molecule is CC.CC.CSc1ccc(N=C(N)c2ccc(-c3ncccc3C)nc2NCCOCCC(C)C)cc1. The van der Waals surface area contributed by atoms with Crippen LogP contribution in [0, 0.1) is 12.8 Å². The first-order chi connectivity index (χ1) is 18.0. The zero-order valence-corrected chi connectivity index (χ0v) is 24.7. The van der Waals surface area contributed by atoms with Crippen LogP contribution in [-0.4, -0.2) is 41.8 Å². The molecule has 202 valence electrons. The summed E-state index contributed by atoms with van der Waals surface area (Å²) in [6.07, 6.45) is 4.88. The van der Waals surface area contributed by atoms with Gasteiger partial charge < -0.3 is 15.8 Å². The van der Waals surface area contributed by atoms with E-state index in [0.29, 0.717) is 30.7 Å². The van der Waals surface area contributed by atoms with Gasteiger partial charge in [0, 0.05) is 24.2 Å². The molecule has 1 aromatic carbocycles. The number of aromatic nitrogens is 2. The number of rotatable bonds is 11. The molecule has 0 aliphatic carbocycles. The van der Waals surface area contributed by atoms with E-state index in [1.807, 2.05) is 89.4 Å². The van der Waals surface area contributed by atoms with Crippen LogP contribution in [0.5, 0.6) is 0 Å². The second kappa shape index (κ2) is 18.4. The van der Waals surface area contributed by atoms with Crippen LogP contribution in [0.3, 0.4) is 0 Å². The first-order valence-corrected chi connectivity index (χ1v) is 14.4. The highest BCUT2D eigenvalue weighted by atomic mass is 32.2. The average molecular weight is 524 g/mol. The summed E-state index contributed by atoms with van der Waals surface area (Å²) < 4.78 is 5.75.